The van der Waals surface area contributed by atoms with Crippen molar-refractivity contribution in [1.82, 2.24) is 0 Å². The fourth-order valence-corrected chi connectivity index (χ4v) is 3.22. The Kier molecular flexibility index (Phi) is 3.98. The van der Waals surface area contributed by atoms with E-state index in [4.69, 9.17) is 18.0 Å². The Bertz CT molecular complexity index is 368. The van der Waals surface area contributed by atoms with E-state index in [1.807, 2.05) is 0 Å². The van der Waals surface area contributed by atoms with Crippen LogP contribution in [-0.4, -0.2) is 4.99 Å². The second-order valence-corrected chi connectivity index (χ2v) is 5.86. The summed E-state index contributed by atoms with van der Waals surface area (Å²) in [6.07, 6.45) is 5.16. The summed E-state index contributed by atoms with van der Waals surface area (Å²) in [5.74, 6) is 0.921. The summed E-state index contributed by atoms with van der Waals surface area (Å²) in [5, 5.41) is 0. The van der Waals surface area contributed by atoms with Crippen LogP contribution in [0.15, 0.2) is 28.7 Å². The van der Waals surface area contributed by atoms with Gasteiger partial charge in [-0.1, -0.05) is 53.1 Å². The normalized spacial score (nSPS) is 18.6. The largest absolute Gasteiger partial charge is 0.393 e. The zero-order chi connectivity index (χ0) is 11.5. The summed E-state index contributed by atoms with van der Waals surface area (Å²) >= 11 is 8.69. The van der Waals surface area contributed by atoms with Crippen LogP contribution in [0.5, 0.6) is 0 Å². The molecule has 86 valence electrons. The number of halogens is 1. The number of thiocarbonyl (C=S) groups is 1. The van der Waals surface area contributed by atoms with Crippen molar-refractivity contribution in [3.05, 3.63) is 34.3 Å². The first-order chi connectivity index (χ1) is 7.68. The average Bonchev–Trinajstić information content (AvgIpc) is 2.74. The Morgan fingerprint density at radius 3 is 2.31 bits per heavy atom. The third kappa shape index (κ3) is 2.64. The van der Waals surface area contributed by atoms with E-state index < -0.39 is 0 Å². The maximum atomic E-state index is 5.91. The van der Waals surface area contributed by atoms with Crippen LogP contribution in [0.4, 0.5) is 0 Å². The molecule has 1 aromatic carbocycles. The van der Waals surface area contributed by atoms with Gasteiger partial charge < -0.3 is 5.73 Å². The minimum atomic E-state index is 0.269. The van der Waals surface area contributed by atoms with Gasteiger partial charge in [-0.05, 0) is 36.5 Å². The van der Waals surface area contributed by atoms with Crippen LogP contribution in [-0.2, 0) is 0 Å². The molecule has 16 heavy (non-hydrogen) atoms. The van der Waals surface area contributed by atoms with Crippen LogP contribution in [0, 0.1) is 5.92 Å². The molecular formula is C13H16BrNS. The van der Waals surface area contributed by atoms with Gasteiger partial charge in [-0.25, -0.2) is 0 Å². The van der Waals surface area contributed by atoms with Gasteiger partial charge in [0.15, 0.2) is 0 Å². The molecule has 0 saturated heterocycles. The van der Waals surface area contributed by atoms with Gasteiger partial charge in [-0.15, -0.1) is 0 Å². The summed E-state index contributed by atoms with van der Waals surface area (Å²) in [6.45, 7) is 0. The van der Waals surface area contributed by atoms with Crippen LogP contribution in [0.3, 0.4) is 0 Å². The molecule has 0 amide bonds. The zero-order valence-corrected chi connectivity index (χ0v) is 11.6. The Morgan fingerprint density at radius 1 is 1.25 bits per heavy atom. The third-order valence-electron chi connectivity index (χ3n) is 3.41. The van der Waals surface area contributed by atoms with Crippen LogP contribution >= 0.6 is 28.1 Å². The predicted molar refractivity (Wildman–Crippen MR) is 75.6 cm³/mol. The molecule has 0 aliphatic heterocycles. The van der Waals surface area contributed by atoms with Crippen LogP contribution in [0.2, 0.25) is 0 Å². The molecule has 3 heteroatoms. The highest BCUT2D eigenvalue weighted by Gasteiger charge is 2.28. The smallest absolute Gasteiger partial charge is 0.0806 e. The second kappa shape index (κ2) is 5.28. The first-order valence-corrected chi connectivity index (χ1v) is 6.93. The third-order valence-corrected chi connectivity index (χ3v) is 4.19. The molecular weight excluding hydrogens is 282 g/mol. The van der Waals surface area contributed by atoms with Crippen molar-refractivity contribution in [1.29, 1.82) is 0 Å². The minimum Gasteiger partial charge on any atom is -0.393 e. The van der Waals surface area contributed by atoms with Crippen molar-refractivity contribution in [2.45, 2.75) is 31.6 Å². The monoisotopic (exact) mass is 297 g/mol. The summed E-state index contributed by atoms with van der Waals surface area (Å²) in [6, 6.07) is 8.39. The van der Waals surface area contributed by atoms with Gasteiger partial charge in [-0.3, -0.25) is 0 Å². The lowest BCUT2D eigenvalue weighted by molar-refractivity contribution is 0.514. The van der Waals surface area contributed by atoms with E-state index in [1.165, 1.54) is 31.2 Å². The quantitative estimate of drug-likeness (QED) is 0.853. The van der Waals surface area contributed by atoms with E-state index in [2.05, 4.69) is 40.2 Å². The number of hydrogen-bond acceptors (Lipinski definition) is 1. The molecule has 1 fully saturated rings. The van der Waals surface area contributed by atoms with Crippen molar-refractivity contribution < 1.29 is 0 Å². The molecule has 2 rings (SSSR count). The van der Waals surface area contributed by atoms with Gasteiger partial charge in [0.1, 0.15) is 0 Å². The number of hydrogen-bond donors (Lipinski definition) is 1. The van der Waals surface area contributed by atoms with Gasteiger partial charge in [0.05, 0.1) is 4.99 Å². The Hall–Kier alpha value is -0.410. The lowest BCUT2D eigenvalue weighted by Crippen LogP contribution is -2.25. The Balaban J connectivity index is 2.24. The summed E-state index contributed by atoms with van der Waals surface area (Å²) < 4.78 is 1.10. The number of nitrogens with two attached hydrogens (primary N) is 1. The molecule has 1 saturated carbocycles. The molecule has 1 aliphatic rings. The molecule has 0 heterocycles. The second-order valence-electron chi connectivity index (χ2n) is 4.48. The topological polar surface area (TPSA) is 26.0 Å². The van der Waals surface area contributed by atoms with Gasteiger partial charge in [-0.2, -0.15) is 0 Å². The molecule has 1 nitrogen and oxygen atoms in total. The summed E-state index contributed by atoms with van der Waals surface area (Å²) in [7, 11) is 0. The molecule has 2 N–H and O–H groups in total. The molecule has 0 bridgehead atoms. The summed E-state index contributed by atoms with van der Waals surface area (Å²) in [5.41, 5.74) is 7.17. The van der Waals surface area contributed by atoms with Crippen LogP contribution < -0.4 is 5.73 Å². The predicted octanol–water partition coefficient (Wildman–Crippen LogP) is 4.01. The van der Waals surface area contributed by atoms with E-state index in [1.54, 1.807) is 0 Å². The zero-order valence-electron chi connectivity index (χ0n) is 9.16. The highest BCUT2D eigenvalue weighted by atomic mass is 79.9. The van der Waals surface area contributed by atoms with E-state index in [-0.39, 0.29) is 5.92 Å². The van der Waals surface area contributed by atoms with Crippen LogP contribution in [0.25, 0.3) is 0 Å². The standard InChI is InChI=1S/C13H16BrNS/c14-11-7-5-10(6-8-11)12(13(15)16)9-3-1-2-4-9/h5-9,12H,1-4H2,(H2,15,16). The van der Waals surface area contributed by atoms with Crippen molar-refractivity contribution in [2.24, 2.45) is 11.7 Å². The molecule has 1 unspecified atom stereocenters. The lowest BCUT2D eigenvalue weighted by atomic mass is 9.85. The Labute approximate surface area is 111 Å². The Morgan fingerprint density at radius 2 is 1.81 bits per heavy atom. The van der Waals surface area contributed by atoms with Gasteiger partial charge in [0.25, 0.3) is 0 Å². The fraction of sp³-hybridized carbons (Fsp3) is 0.462. The van der Waals surface area contributed by atoms with E-state index in [9.17, 15) is 0 Å². The van der Waals surface area contributed by atoms with Gasteiger partial charge in [0.2, 0.25) is 0 Å². The maximum absolute atomic E-state index is 5.91. The molecule has 0 spiro atoms. The molecule has 0 aromatic heterocycles. The lowest BCUT2D eigenvalue weighted by Gasteiger charge is -2.22. The SMILES string of the molecule is NC(=S)C(c1ccc(Br)cc1)C1CCCC1. The van der Waals surface area contributed by atoms with E-state index >= 15 is 0 Å². The fourth-order valence-electron chi connectivity index (χ4n) is 2.63. The van der Waals surface area contributed by atoms with Crippen molar-refractivity contribution >= 4 is 33.1 Å². The van der Waals surface area contributed by atoms with Crippen molar-refractivity contribution in [2.75, 3.05) is 0 Å². The van der Waals surface area contributed by atoms with Crippen molar-refractivity contribution in [3.63, 3.8) is 0 Å². The van der Waals surface area contributed by atoms with Gasteiger partial charge in [0, 0.05) is 10.4 Å². The van der Waals surface area contributed by atoms with E-state index in [0.717, 1.165) is 4.47 Å². The first-order valence-electron chi connectivity index (χ1n) is 5.73. The van der Waals surface area contributed by atoms with E-state index in [0.29, 0.717) is 10.9 Å². The van der Waals surface area contributed by atoms with Crippen LogP contribution in [0.1, 0.15) is 37.2 Å². The number of rotatable bonds is 3. The highest BCUT2D eigenvalue weighted by molar-refractivity contribution is 9.10. The average molecular weight is 298 g/mol. The summed E-state index contributed by atoms with van der Waals surface area (Å²) in [4.78, 5) is 0.647. The molecule has 0 radical (unpaired) electrons. The molecule has 1 aromatic rings. The highest BCUT2D eigenvalue weighted by Crippen LogP contribution is 2.37. The van der Waals surface area contributed by atoms with Gasteiger partial charge >= 0.3 is 0 Å². The molecule has 1 aliphatic carbocycles. The first kappa shape index (κ1) is 12.1. The molecule has 1 atom stereocenters. The number of benzene rings is 1. The maximum Gasteiger partial charge on any atom is 0.0806 e. The minimum absolute atomic E-state index is 0.269. The van der Waals surface area contributed by atoms with Crippen molar-refractivity contribution in [3.8, 4) is 0 Å².